The number of carbonyl (C=O) groups is 1. The first-order valence-electron chi connectivity index (χ1n) is 19.7. The van der Waals surface area contributed by atoms with Gasteiger partial charge in [-0.05, 0) is 60.0 Å². The van der Waals surface area contributed by atoms with E-state index in [1.807, 2.05) is 59.1 Å². The zero-order valence-electron chi connectivity index (χ0n) is 35.4. The van der Waals surface area contributed by atoms with Crippen molar-refractivity contribution in [2.75, 3.05) is 0 Å². The number of fused-ring (bicyclic) bond motifs is 2. The molecule has 0 spiro atoms. The second-order valence-corrected chi connectivity index (χ2v) is 28.1. The van der Waals surface area contributed by atoms with Crippen LogP contribution in [0.4, 0.5) is 0 Å². The van der Waals surface area contributed by atoms with Crippen LogP contribution in [0.3, 0.4) is 0 Å². The number of pyridine rings is 1. The summed E-state index contributed by atoms with van der Waals surface area (Å²) in [5.74, 6) is 0.724. The second-order valence-electron chi connectivity index (χ2n) is 17.3. The number of aromatic nitrogens is 1. The Labute approximate surface area is 346 Å². The Hall–Kier alpha value is -2.68. The molecular weight excluding hydrogens is 891 g/mol. The third-order valence-electron chi connectivity index (χ3n) is 12.2. The molecule has 3 nitrogen and oxygen atoms in total. The normalized spacial score (nSPS) is 12.8. The first-order chi connectivity index (χ1) is 24.8. The summed E-state index contributed by atoms with van der Waals surface area (Å²) in [5, 5.41) is 17.0. The average Bonchev–Trinajstić information content (AvgIpc) is 3.50. The van der Waals surface area contributed by atoms with E-state index in [4.69, 9.17) is 4.98 Å². The Morgan fingerprint density at radius 2 is 1.41 bits per heavy atom. The molecule has 5 aromatic rings. The molecule has 1 N–H and O–H groups in total. The van der Waals surface area contributed by atoms with Crippen LogP contribution in [-0.4, -0.2) is 32.0 Å². The number of thiophene rings is 1. The van der Waals surface area contributed by atoms with Gasteiger partial charge in [-0.3, -0.25) is 9.78 Å². The minimum Gasteiger partial charge on any atom is -0.512 e. The summed E-state index contributed by atoms with van der Waals surface area (Å²) in [6.07, 6.45) is 6.74. The number of nitrogens with zero attached hydrogens (tertiary/aromatic N) is 1. The topological polar surface area (TPSA) is 50.2 Å². The number of aliphatic hydroxyl groups is 1. The van der Waals surface area contributed by atoms with Crippen LogP contribution in [0, 0.1) is 23.8 Å². The molecule has 0 amide bonds. The summed E-state index contributed by atoms with van der Waals surface area (Å²) < 4.78 is 2.85. The van der Waals surface area contributed by atoms with Gasteiger partial charge in [-0.15, -0.1) is 29.1 Å². The molecule has 3 aromatic carbocycles. The van der Waals surface area contributed by atoms with Crippen molar-refractivity contribution in [1.29, 1.82) is 0 Å². The fraction of sp³-hybridized carbons (Fsp3) is 0.447. The molecule has 0 bridgehead atoms. The molecule has 0 fully saturated rings. The number of rotatable bonds is 12. The minimum absolute atomic E-state index is 0. The van der Waals surface area contributed by atoms with Crippen molar-refractivity contribution in [2.45, 2.75) is 127 Å². The third-order valence-corrected chi connectivity index (χ3v) is 20.5. The van der Waals surface area contributed by atoms with Crippen LogP contribution in [0.2, 0.25) is 32.7 Å². The molecule has 2 heterocycles. The molecule has 0 saturated carbocycles. The largest absolute Gasteiger partial charge is 0.512 e. The van der Waals surface area contributed by atoms with E-state index >= 15 is 0 Å². The van der Waals surface area contributed by atoms with Crippen molar-refractivity contribution >= 4 is 69.0 Å². The van der Waals surface area contributed by atoms with Crippen molar-refractivity contribution in [2.24, 2.45) is 10.8 Å². The Morgan fingerprint density at radius 3 is 1.94 bits per heavy atom. The van der Waals surface area contributed by atoms with Crippen molar-refractivity contribution in [3.8, 4) is 11.3 Å². The Morgan fingerprint density at radius 1 is 0.852 bits per heavy atom. The monoisotopic (exact) mass is 955 g/mol. The smallest absolute Gasteiger partial charge is 0.164 e. The van der Waals surface area contributed by atoms with Crippen LogP contribution in [0.25, 0.3) is 32.1 Å². The summed E-state index contributed by atoms with van der Waals surface area (Å²) in [5.41, 5.74) is 4.36. The molecule has 54 heavy (non-hydrogen) atoms. The van der Waals surface area contributed by atoms with Gasteiger partial charge in [-0.25, -0.2) is 0 Å². The Balaban J connectivity index is 0.000000372. The van der Waals surface area contributed by atoms with E-state index in [1.54, 1.807) is 4.50 Å². The second kappa shape index (κ2) is 18.1. The number of ketones is 1. The van der Waals surface area contributed by atoms with Crippen molar-refractivity contribution in [1.82, 2.24) is 4.98 Å². The number of carbonyl (C=O) groups excluding carboxylic acids is 1. The maximum Gasteiger partial charge on any atom is 0.164 e. The maximum absolute atomic E-state index is 12.2. The summed E-state index contributed by atoms with van der Waals surface area (Å²) in [7, 11) is -3.17. The van der Waals surface area contributed by atoms with Crippen LogP contribution >= 0.6 is 11.3 Å². The van der Waals surface area contributed by atoms with Gasteiger partial charge in [0.05, 0.1) is 8.07 Å². The van der Waals surface area contributed by atoms with Crippen LogP contribution in [0.1, 0.15) is 98.1 Å². The molecule has 293 valence electrons. The molecule has 7 heteroatoms. The SMILES string of the molecule is CCC(C)(CC)C(=O)/C=C(\O)C(C)(CC)CC.Cc1c([Si](C)(C)c2ccc([Si](C)(C)C)cc2)sc2c(-c3[c-]c4ccccc4c(C(C)C)c3)nccc12.[Ir]. The first-order valence-corrected chi connectivity index (χ1v) is 27.0. The van der Waals surface area contributed by atoms with E-state index < -0.39 is 16.1 Å². The molecule has 2 aromatic heterocycles. The van der Waals surface area contributed by atoms with Crippen LogP contribution < -0.4 is 14.9 Å². The number of aryl methyl sites for hydroxylation is 1. The fourth-order valence-electron chi connectivity index (χ4n) is 7.00. The van der Waals surface area contributed by atoms with Crippen LogP contribution in [0.5, 0.6) is 0 Å². The minimum atomic E-state index is -1.87. The molecule has 0 unspecified atom stereocenters. The van der Waals surface area contributed by atoms with E-state index in [-0.39, 0.29) is 42.5 Å². The quantitative estimate of drug-likeness (QED) is 0.0587. The van der Waals surface area contributed by atoms with Gasteiger partial charge in [-0.2, -0.15) is 11.3 Å². The van der Waals surface area contributed by atoms with E-state index in [2.05, 4.69) is 120 Å². The number of aliphatic hydroxyl groups excluding tert-OH is 1. The van der Waals surface area contributed by atoms with Crippen LogP contribution in [-0.2, 0) is 24.9 Å². The number of hydrogen-bond donors (Lipinski definition) is 1. The maximum atomic E-state index is 12.2. The number of hydrogen-bond acceptors (Lipinski definition) is 4. The molecular formula is C47H64IrNO2SSi2-. The predicted octanol–water partition coefficient (Wildman–Crippen LogP) is 12.4. The molecule has 1 radical (unpaired) electrons. The Kier molecular flexibility index (Phi) is 15.3. The average molecular weight is 955 g/mol. The van der Waals surface area contributed by atoms with Crippen molar-refractivity contribution in [3.05, 3.63) is 95.9 Å². The summed E-state index contributed by atoms with van der Waals surface area (Å²) in [4.78, 5) is 17.1. The van der Waals surface area contributed by atoms with Crippen molar-refractivity contribution in [3.63, 3.8) is 0 Å². The first kappa shape index (κ1) is 45.7. The van der Waals surface area contributed by atoms with Gasteiger partial charge < -0.3 is 5.11 Å². The van der Waals surface area contributed by atoms with E-state index in [9.17, 15) is 9.90 Å². The summed E-state index contributed by atoms with van der Waals surface area (Å²) in [6.45, 7) is 31.2. The molecule has 0 atom stereocenters. The van der Waals surface area contributed by atoms with Gasteiger partial charge in [0.25, 0.3) is 0 Å². The predicted molar refractivity (Wildman–Crippen MR) is 239 cm³/mol. The van der Waals surface area contributed by atoms with Gasteiger partial charge in [0, 0.05) is 53.6 Å². The Bertz CT molecular complexity index is 2080. The van der Waals surface area contributed by atoms with Gasteiger partial charge >= 0.3 is 0 Å². The molecule has 5 rings (SSSR count). The van der Waals surface area contributed by atoms with E-state index in [1.165, 1.54) is 48.4 Å². The third kappa shape index (κ3) is 9.46. The molecule has 0 aliphatic rings. The van der Waals surface area contributed by atoms with Crippen LogP contribution in [0.15, 0.2) is 78.7 Å². The van der Waals surface area contributed by atoms with Gasteiger partial charge in [0.1, 0.15) is 13.8 Å². The zero-order valence-corrected chi connectivity index (χ0v) is 40.6. The number of allylic oxidation sites excluding steroid dienone is 2. The zero-order chi connectivity index (χ0) is 39.5. The van der Waals surface area contributed by atoms with Gasteiger partial charge in [0.2, 0.25) is 0 Å². The standard InChI is InChI=1S/C32H36NSSi2.C15H28O2.Ir/c1-21(2)29-20-24(19-23-11-9-10-12-28(23)29)30-31-27(17-18-33-30)22(3)32(34-31)36(7,8)26-15-13-25(14-16-26)35(4,5)6;1-7-14(5,8-2)12(16)11-13(17)15(6,9-3)10-4;/h9-18,20-21H,1-8H3;11,16H,7-10H2,1-6H3;/q-1;;/b;12-11-;. The molecule has 0 aliphatic heterocycles. The van der Waals surface area contributed by atoms with E-state index in [0.717, 1.165) is 36.9 Å². The number of benzene rings is 3. The van der Waals surface area contributed by atoms with Gasteiger partial charge in [0.15, 0.2) is 5.78 Å². The summed E-state index contributed by atoms with van der Waals surface area (Å²) in [6, 6.07) is 26.5. The summed E-state index contributed by atoms with van der Waals surface area (Å²) >= 11 is 1.96. The van der Waals surface area contributed by atoms with Crippen molar-refractivity contribution < 1.29 is 30.0 Å². The molecule has 0 saturated heterocycles. The van der Waals surface area contributed by atoms with Gasteiger partial charge in [-0.1, -0.05) is 152 Å². The van der Waals surface area contributed by atoms with E-state index in [0.29, 0.717) is 5.92 Å². The molecule has 0 aliphatic carbocycles. The fourth-order valence-corrected chi connectivity index (χ4v) is 13.2.